The third-order valence-electron chi connectivity index (χ3n) is 4.49. The van der Waals surface area contributed by atoms with Gasteiger partial charge in [0.05, 0.1) is 12.8 Å². The number of rotatable bonds is 7. The number of aryl methyl sites for hydroxylation is 2. The molecule has 12 heteroatoms. The van der Waals surface area contributed by atoms with E-state index in [0.717, 1.165) is 16.3 Å². The summed E-state index contributed by atoms with van der Waals surface area (Å²) in [5.74, 6) is 2.05. The van der Waals surface area contributed by atoms with Gasteiger partial charge < -0.3 is 24.9 Å². The van der Waals surface area contributed by atoms with E-state index in [1.54, 1.807) is 38.3 Å². The lowest BCUT2D eigenvalue weighted by molar-refractivity contribution is -0.391. The first-order chi connectivity index (χ1) is 15.3. The number of aromatic nitrogens is 5. The second kappa shape index (κ2) is 8.63. The number of nitrogens with zero attached hydrogens (tertiary/aromatic N) is 6. The van der Waals surface area contributed by atoms with E-state index in [2.05, 4.69) is 25.4 Å². The minimum atomic E-state index is -0.562. The molecule has 0 unspecified atom stereocenters. The topological polar surface area (TPSA) is 130 Å². The van der Waals surface area contributed by atoms with Gasteiger partial charge in [0, 0.05) is 24.7 Å². The van der Waals surface area contributed by atoms with Crippen LogP contribution in [0.3, 0.4) is 0 Å². The maximum atomic E-state index is 11.2. The lowest BCUT2D eigenvalue weighted by Gasteiger charge is -2.12. The number of fused-ring (bicyclic) bond motifs is 1. The van der Waals surface area contributed by atoms with Crippen LogP contribution in [0.5, 0.6) is 17.4 Å². The Hall–Kier alpha value is -3.99. The van der Waals surface area contributed by atoms with Crippen LogP contribution in [0.15, 0.2) is 36.5 Å². The van der Waals surface area contributed by atoms with Gasteiger partial charge in [-0.2, -0.15) is 0 Å². The zero-order valence-electron chi connectivity index (χ0n) is 17.4. The molecule has 0 atom stereocenters. The van der Waals surface area contributed by atoms with Crippen molar-refractivity contribution in [1.29, 1.82) is 0 Å². The highest BCUT2D eigenvalue weighted by Gasteiger charge is 2.17. The molecule has 0 amide bonds. The van der Waals surface area contributed by atoms with Crippen LogP contribution in [0.4, 0.5) is 11.6 Å². The number of ether oxygens (including phenoxy) is 2. The summed E-state index contributed by atoms with van der Waals surface area (Å²) in [6.45, 7) is 4.00. The maximum Gasteiger partial charge on any atom is 0.368 e. The van der Waals surface area contributed by atoms with E-state index in [1.807, 2.05) is 13.0 Å². The van der Waals surface area contributed by atoms with E-state index in [1.165, 1.54) is 0 Å². The number of hydrogen-bond donors (Lipinski definition) is 1. The van der Waals surface area contributed by atoms with Gasteiger partial charge >= 0.3 is 5.82 Å². The monoisotopic (exact) mass is 455 g/mol. The Bertz CT molecular complexity index is 1330. The third-order valence-corrected chi connectivity index (χ3v) is 4.95. The first-order valence-electron chi connectivity index (χ1n) is 9.43. The molecule has 11 nitrogen and oxygen atoms in total. The molecule has 1 N–H and O–H groups in total. The first-order valence-corrected chi connectivity index (χ1v) is 9.81. The maximum absolute atomic E-state index is 11.2. The average molecular weight is 456 g/mol. The van der Waals surface area contributed by atoms with Crippen LogP contribution in [-0.4, -0.2) is 36.6 Å². The molecule has 0 aliphatic heterocycles. The van der Waals surface area contributed by atoms with Gasteiger partial charge in [0.2, 0.25) is 5.65 Å². The van der Waals surface area contributed by atoms with Crippen LogP contribution in [0.2, 0.25) is 5.02 Å². The summed E-state index contributed by atoms with van der Waals surface area (Å²) in [5.41, 5.74) is 1.86. The van der Waals surface area contributed by atoms with E-state index in [9.17, 15) is 10.1 Å². The Balaban J connectivity index is 1.59. The molecule has 0 bridgehead atoms. The Morgan fingerprint density at radius 1 is 1.19 bits per heavy atom. The fourth-order valence-corrected chi connectivity index (χ4v) is 3.21. The number of benzene rings is 1. The molecule has 0 aliphatic carbocycles. The molecule has 3 aromatic heterocycles. The van der Waals surface area contributed by atoms with Crippen molar-refractivity contribution < 1.29 is 14.4 Å². The standard InChI is InChI=1S/C20H18ClN7O4/c1-11-19(21)20(25-12(2)24-11)23-9-13-6-14(31-3)8-15(7-13)32-17-5-4-16-22-10-18(28(29)30)27(16)26-17/h4-8,10H,9H2,1-3H3,(H,23,24,25). The predicted molar refractivity (Wildman–Crippen MR) is 117 cm³/mol. The van der Waals surface area contributed by atoms with E-state index < -0.39 is 4.92 Å². The van der Waals surface area contributed by atoms with Crippen molar-refractivity contribution in [2.45, 2.75) is 20.4 Å². The van der Waals surface area contributed by atoms with Crippen LogP contribution in [0.1, 0.15) is 17.1 Å². The molecule has 32 heavy (non-hydrogen) atoms. The average Bonchev–Trinajstić information content (AvgIpc) is 3.18. The number of nitro groups is 1. The van der Waals surface area contributed by atoms with Crippen molar-refractivity contribution in [2.75, 3.05) is 12.4 Å². The van der Waals surface area contributed by atoms with Crippen LogP contribution < -0.4 is 14.8 Å². The van der Waals surface area contributed by atoms with Crippen molar-refractivity contribution in [1.82, 2.24) is 24.6 Å². The normalized spacial score (nSPS) is 10.9. The Labute approximate surface area is 187 Å². The molecule has 0 fully saturated rings. The molecule has 4 rings (SSSR count). The van der Waals surface area contributed by atoms with Gasteiger partial charge in [-0.3, -0.25) is 0 Å². The third kappa shape index (κ3) is 4.37. The van der Waals surface area contributed by atoms with E-state index in [-0.39, 0.29) is 11.7 Å². The number of anilines is 1. The summed E-state index contributed by atoms with van der Waals surface area (Å²) in [6, 6.07) is 8.48. The predicted octanol–water partition coefficient (Wildman–Crippen LogP) is 4.11. The smallest absolute Gasteiger partial charge is 0.368 e. The fraction of sp³-hybridized carbons (Fsp3) is 0.200. The lowest BCUT2D eigenvalue weighted by Crippen LogP contribution is -2.06. The van der Waals surface area contributed by atoms with Gasteiger partial charge in [0.25, 0.3) is 5.88 Å². The van der Waals surface area contributed by atoms with E-state index in [4.69, 9.17) is 21.1 Å². The van der Waals surface area contributed by atoms with Crippen LogP contribution in [0.25, 0.3) is 5.65 Å². The lowest BCUT2D eigenvalue weighted by atomic mass is 10.2. The summed E-state index contributed by atoms with van der Waals surface area (Å²) < 4.78 is 12.3. The molecule has 3 heterocycles. The summed E-state index contributed by atoms with van der Waals surface area (Å²) in [5, 5.41) is 19.0. The molecular formula is C20H18ClN7O4. The molecule has 0 spiro atoms. The summed E-state index contributed by atoms with van der Waals surface area (Å²) in [6.07, 6.45) is 1.14. The van der Waals surface area contributed by atoms with Gasteiger partial charge in [-0.25, -0.2) is 15.0 Å². The largest absolute Gasteiger partial charge is 0.497 e. The van der Waals surface area contributed by atoms with Crippen molar-refractivity contribution in [3.05, 3.63) is 68.7 Å². The molecule has 0 saturated carbocycles. The summed E-state index contributed by atoms with van der Waals surface area (Å²) in [7, 11) is 1.55. The molecule has 0 saturated heterocycles. The van der Waals surface area contributed by atoms with Crippen molar-refractivity contribution in [3.8, 4) is 17.4 Å². The molecule has 4 aromatic rings. The fourth-order valence-electron chi connectivity index (χ4n) is 3.06. The quantitative estimate of drug-likeness (QED) is 0.323. The second-order valence-electron chi connectivity index (χ2n) is 6.81. The second-order valence-corrected chi connectivity index (χ2v) is 7.18. The van der Waals surface area contributed by atoms with Gasteiger partial charge in [-0.15, -0.1) is 0 Å². The number of methoxy groups -OCH3 is 1. The summed E-state index contributed by atoms with van der Waals surface area (Å²) >= 11 is 6.30. The first kappa shape index (κ1) is 21.2. The molecular weight excluding hydrogens is 438 g/mol. The minimum absolute atomic E-state index is 0.163. The zero-order chi connectivity index (χ0) is 22.8. The minimum Gasteiger partial charge on any atom is -0.497 e. The van der Waals surface area contributed by atoms with E-state index >= 15 is 0 Å². The molecule has 0 radical (unpaired) electrons. The highest BCUT2D eigenvalue weighted by atomic mass is 35.5. The summed E-state index contributed by atoms with van der Waals surface area (Å²) in [4.78, 5) is 23.1. The zero-order valence-corrected chi connectivity index (χ0v) is 18.1. The van der Waals surface area contributed by atoms with Gasteiger partial charge in [0.1, 0.15) is 34.4 Å². The van der Waals surface area contributed by atoms with Crippen LogP contribution >= 0.6 is 11.6 Å². The van der Waals surface area contributed by atoms with Crippen LogP contribution in [0, 0.1) is 24.0 Å². The number of hydrogen-bond acceptors (Lipinski definition) is 9. The van der Waals surface area contributed by atoms with Gasteiger partial charge in [-0.1, -0.05) is 16.1 Å². The van der Waals surface area contributed by atoms with Crippen molar-refractivity contribution >= 4 is 28.9 Å². The molecule has 1 aromatic carbocycles. The molecule has 164 valence electrons. The molecule has 0 aliphatic rings. The highest BCUT2D eigenvalue weighted by Crippen LogP contribution is 2.28. The Morgan fingerprint density at radius 3 is 2.72 bits per heavy atom. The van der Waals surface area contributed by atoms with Crippen molar-refractivity contribution in [3.63, 3.8) is 0 Å². The number of imidazole rings is 1. The van der Waals surface area contributed by atoms with Crippen LogP contribution in [-0.2, 0) is 6.54 Å². The van der Waals surface area contributed by atoms with Gasteiger partial charge in [0.15, 0.2) is 0 Å². The van der Waals surface area contributed by atoms with Gasteiger partial charge in [-0.05, 0) is 41.6 Å². The highest BCUT2D eigenvalue weighted by molar-refractivity contribution is 6.33. The SMILES string of the molecule is COc1cc(CNc2nc(C)nc(C)c2Cl)cc(Oc2ccc3ncc([N+](=O)[O-])n3n2)c1. The Morgan fingerprint density at radius 2 is 1.97 bits per heavy atom. The van der Waals surface area contributed by atoms with E-state index in [0.29, 0.717) is 46.0 Å². The Kier molecular flexibility index (Phi) is 5.73. The number of nitrogens with one attached hydrogen (secondary N) is 1. The van der Waals surface area contributed by atoms with Crippen molar-refractivity contribution in [2.24, 2.45) is 0 Å². The number of halogens is 1.